The molecule has 0 saturated heterocycles. The Morgan fingerprint density at radius 3 is 1.27 bits per heavy atom. The van der Waals surface area contributed by atoms with Gasteiger partial charge in [0.1, 0.15) is 18.3 Å². The fourth-order valence-corrected chi connectivity index (χ4v) is 0.472. The Hall–Kier alpha value is 0.319. The quantitative estimate of drug-likeness (QED) is 0.318. The van der Waals surface area contributed by atoms with E-state index in [1.165, 1.54) is 0 Å². The van der Waals surface area contributed by atoms with Crippen LogP contribution in [-0.2, 0) is 17.1 Å². The second-order valence-corrected chi connectivity index (χ2v) is 1.99. The van der Waals surface area contributed by atoms with Crippen molar-refractivity contribution in [1.29, 1.82) is 0 Å². The second kappa shape index (κ2) is 7.00. The van der Waals surface area contributed by atoms with Gasteiger partial charge in [-0.15, -0.1) is 0 Å². The summed E-state index contributed by atoms with van der Waals surface area (Å²) in [6.07, 6.45) is -4.29. The smallest absolute Gasteiger partial charge is 0.110 e. The average Bonchev–Trinajstić information content (AvgIpc) is 2.00. The molecule has 0 heterocycles. The predicted octanol–water partition coefficient (Wildman–Crippen LogP) is -2.95. The Balaban J connectivity index is 0. The van der Waals surface area contributed by atoms with E-state index in [1.54, 1.807) is 0 Å². The SMILES string of the molecule is OC[C@@H](O)C(O)[C@@H](O)CO.[Fe]. The third kappa shape index (κ3) is 4.71. The predicted molar refractivity (Wildman–Crippen MR) is 32.2 cm³/mol. The standard InChI is InChI=1S/C5H12O5.Fe/c6-1-3(8)5(10)4(9)2-7;/h3-10H,1-2H2;/t3-,4+,5?;. The summed E-state index contributed by atoms with van der Waals surface area (Å²) in [5.74, 6) is 0. The van der Waals surface area contributed by atoms with Crippen LogP contribution >= 0.6 is 0 Å². The van der Waals surface area contributed by atoms with E-state index >= 15 is 0 Å². The second-order valence-electron chi connectivity index (χ2n) is 1.99. The van der Waals surface area contributed by atoms with Crippen molar-refractivity contribution in [3.8, 4) is 0 Å². The molecule has 70 valence electrons. The molecule has 5 N–H and O–H groups in total. The van der Waals surface area contributed by atoms with Gasteiger partial charge in [-0.25, -0.2) is 0 Å². The third-order valence-electron chi connectivity index (χ3n) is 1.16. The van der Waals surface area contributed by atoms with Crippen molar-refractivity contribution in [2.45, 2.75) is 18.3 Å². The first-order valence-electron chi connectivity index (χ1n) is 2.89. The summed E-state index contributed by atoms with van der Waals surface area (Å²) in [7, 11) is 0. The van der Waals surface area contributed by atoms with Gasteiger partial charge in [-0.2, -0.15) is 0 Å². The summed E-state index contributed by atoms with van der Waals surface area (Å²) in [6, 6.07) is 0. The number of aliphatic hydroxyl groups excluding tert-OH is 5. The van der Waals surface area contributed by atoms with E-state index in [2.05, 4.69) is 0 Å². The molecule has 0 aliphatic rings. The van der Waals surface area contributed by atoms with E-state index in [9.17, 15) is 0 Å². The Bertz CT molecular complexity index is 80.9. The average molecular weight is 208 g/mol. The van der Waals surface area contributed by atoms with Crippen molar-refractivity contribution in [3.63, 3.8) is 0 Å². The van der Waals surface area contributed by atoms with Gasteiger partial charge in [0, 0.05) is 17.1 Å². The minimum atomic E-state index is -1.49. The molecule has 1 unspecified atom stereocenters. The van der Waals surface area contributed by atoms with E-state index in [0.717, 1.165) is 0 Å². The molecule has 5 nitrogen and oxygen atoms in total. The molecule has 0 spiro atoms. The molecule has 0 saturated carbocycles. The summed E-state index contributed by atoms with van der Waals surface area (Å²) in [6.45, 7) is -1.28. The van der Waals surface area contributed by atoms with Crippen molar-refractivity contribution in [2.24, 2.45) is 0 Å². The van der Waals surface area contributed by atoms with Crippen LogP contribution in [0.4, 0.5) is 0 Å². The molecule has 0 aromatic rings. The zero-order chi connectivity index (χ0) is 8.15. The molecule has 0 aliphatic carbocycles. The van der Waals surface area contributed by atoms with Crippen LogP contribution in [0.25, 0.3) is 0 Å². The third-order valence-corrected chi connectivity index (χ3v) is 1.16. The molecular weight excluding hydrogens is 196 g/mol. The molecule has 11 heavy (non-hydrogen) atoms. The van der Waals surface area contributed by atoms with E-state index in [0.29, 0.717) is 0 Å². The molecule has 3 atom stereocenters. The largest absolute Gasteiger partial charge is 0.394 e. The normalized spacial score (nSPS) is 18.3. The van der Waals surface area contributed by atoms with Crippen LogP contribution in [0.5, 0.6) is 0 Å². The molecule has 6 heteroatoms. The Morgan fingerprint density at radius 1 is 0.818 bits per heavy atom. The molecule has 0 aromatic heterocycles. The minimum absolute atomic E-state index is 0. The number of rotatable bonds is 4. The first-order valence-corrected chi connectivity index (χ1v) is 2.89. The maximum atomic E-state index is 8.77. The Morgan fingerprint density at radius 2 is 1.09 bits per heavy atom. The molecule has 0 radical (unpaired) electrons. The van der Waals surface area contributed by atoms with Crippen molar-refractivity contribution in [2.75, 3.05) is 13.2 Å². The van der Waals surface area contributed by atoms with Crippen LogP contribution in [0.1, 0.15) is 0 Å². The van der Waals surface area contributed by atoms with Crippen LogP contribution < -0.4 is 0 Å². The molecule has 0 amide bonds. The van der Waals surface area contributed by atoms with Gasteiger partial charge >= 0.3 is 0 Å². The Labute approximate surface area is 74.8 Å². The maximum absolute atomic E-state index is 8.77. The van der Waals surface area contributed by atoms with E-state index in [4.69, 9.17) is 25.5 Å². The topological polar surface area (TPSA) is 101 Å². The Kier molecular flexibility index (Phi) is 8.83. The van der Waals surface area contributed by atoms with E-state index < -0.39 is 31.5 Å². The van der Waals surface area contributed by atoms with Crippen LogP contribution in [0, 0.1) is 0 Å². The van der Waals surface area contributed by atoms with E-state index in [1.807, 2.05) is 0 Å². The fraction of sp³-hybridized carbons (Fsp3) is 1.00. The van der Waals surface area contributed by atoms with Crippen LogP contribution in [0.2, 0.25) is 0 Å². The first kappa shape index (κ1) is 13.9. The van der Waals surface area contributed by atoms with Gasteiger partial charge in [-0.1, -0.05) is 0 Å². The molecule has 0 aromatic carbocycles. The first-order chi connectivity index (χ1) is 4.63. The van der Waals surface area contributed by atoms with Crippen LogP contribution in [-0.4, -0.2) is 57.1 Å². The van der Waals surface area contributed by atoms with Crippen LogP contribution in [0.15, 0.2) is 0 Å². The fourth-order valence-electron chi connectivity index (χ4n) is 0.472. The number of hydrogen-bond acceptors (Lipinski definition) is 5. The minimum Gasteiger partial charge on any atom is -0.394 e. The maximum Gasteiger partial charge on any atom is 0.110 e. The summed E-state index contributed by atoms with van der Waals surface area (Å²) in [5, 5.41) is 42.6. The zero-order valence-corrected chi connectivity index (χ0v) is 6.84. The summed E-state index contributed by atoms with van der Waals surface area (Å²) >= 11 is 0. The van der Waals surface area contributed by atoms with Crippen molar-refractivity contribution >= 4 is 0 Å². The molecule has 0 fully saturated rings. The van der Waals surface area contributed by atoms with Gasteiger partial charge in [0.25, 0.3) is 0 Å². The summed E-state index contributed by atoms with van der Waals surface area (Å²) in [4.78, 5) is 0. The van der Waals surface area contributed by atoms with Gasteiger partial charge in [-0.05, 0) is 0 Å². The van der Waals surface area contributed by atoms with Crippen molar-refractivity contribution < 1.29 is 42.6 Å². The zero-order valence-electron chi connectivity index (χ0n) is 5.74. The monoisotopic (exact) mass is 208 g/mol. The molecule has 0 bridgehead atoms. The molecule has 0 aliphatic heterocycles. The van der Waals surface area contributed by atoms with Gasteiger partial charge in [-0.3, -0.25) is 0 Å². The van der Waals surface area contributed by atoms with Crippen molar-refractivity contribution in [1.82, 2.24) is 0 Å². The molecular formula is C5H12FeO5. The summed E-state index contributed by atoms with van der Waals surface area (Å²) < 4.78 is 0. The van der Waals surface area contributed by atoms with Gasteiger partial charge in [0.2, 0.25) is 0 Å². The van der Waals surface area contributed by atoms with Gasteiger partial charge in [0.05, 0.1) is 13.2 Å². The molecule has 0 rings (SSSR count). The van der Waals surface area contributed by atoms with Crippen LogP contribution in [0.3, 0.4) is 0 Å². The number of aliphatic hydroxyl groups is 5. The van der Waals surface area contributed by atoms with E-state index in [-0.39, 0.29) is 17.1 Å². The van der Waals surface area contributed by atoms with Crippen molar-refractivity contribution in [3.05, 3.63) is 0 Å². The van der Waals surface area contributed by atoms with Gasteiger partial charge < -0.3 is 25.5 Å². The summed E-state index contributed by atoms with van der Waals surface area (Å²) in [5.41, 5.74) is 0. The number of hydrogen-bond donors (Lipinski definition) is 5. The van der Waals surface area contributed by atoms with Gasteiger partial charge in [0.15, 0.2) is 0 Å².